The number of ether oxygens (including phenoxy) is 1. The summed E-state index contributed by atoms with van der Waals surface area (Å²) in [5, 5.41) is 8.24. The Hall–Kier alpha value is -2.89. The van der Waals surface area contributed by atoms with E-state index in [0.29, 0.717) is 31.0 Å². The molecule has 154 valence electrons. The van der Waals surface area contributed by atoms with Crippen LogP contribution in [0.15, 0.2) is 53.5 Å². The summed E-state index contributed by atoms with van der Waals surface area (Å²) in [6.07, 6.45) is 9.98. The maximum absolute atomic E-state index is 12.8. The lowest BCUT2D eigenvalue weighted by Gasteiger charge is -2.37. The van der Waals surface area contributed by atoms with Gasteiger partial charge < -0.3 is 14.1 Å². The number of carbonyl (C=O) groups excluding carboxylic acids is 1. The largest absolute Gasteiger partial charge is 0.496 e. The van der Waals surface area contributed by atoms with Gasteiger partial charge in [-0.3, -0.25) is 4.79 Å². The first-order valence-corrected chi connectivity index (χ1v) is 10.1. The molecule has 1 aromatic heterocycles. The Morgan fingerprint density at radius 1 is 1.28 bits per heavy atom. The van der Waals surface area contributed by atoms with Gasteiger partial charge >= 0.3 is 0 Å². The van der Waals surface area contributed by atoms with E-state index in [0.717, 1.165) is 30.6 Å². The number of rotatable bonds is 9. The van der Waals surface area contributed by atoms with Crippen molar-refractivity contribution in [3.63, 3.8) is 0 Å². The Bertz CT molecular complexity index is 859. The Labute approximate surface area is 172 Å². The summed E-state index contributed by atoms with van der Waals surface area (Å²) in [6, 6.07) is 8.18. The molecule has 0 unspecified atom stereocenters. The standard InChI is InChI=1S/C23H29N3O3/c1-4-8-19-11-7-9-17(2)26(19)23(27)16-15-22-25-24-21(29-22)14-13-18-10-5-6-12-20(18)28-3/h4-7,9-10,12,17,19H,1,8,11,13-16H2,2-3H3/t17-,19-/m1/s1. The highest BCUT2D eigenvalue weighted by Gasteiger charge is 2.28. The van der Waals surface area contributed by atoms with Crippen molar-refractivity contribution in [3.8, 4) is 5.75 Å². The molecule has 0 spiro atoms. The van der Waals surface area contributed by atoms with E-state index in [1.807, 2.05) is 42.2 Å². The highest BCUT2D eigenvalue weighted by Crippen LogP contribution is 2.22. The average molecular weight is 396 g/mol. The first kappa shape index (κ1) is 20.8. The van der Waals surface area contributed by atoms with Gasteiger partial charge in [0.25, 0.3) is 0 Å². The van der Waals surface area contributed by atoms with Crippen molar-refractivity contribution in [2.45, 2.75) is 57.5 Å². The van der Waals surface area contributed by atoms with Gasteiger partial charge in [-0.15, -0.1) is 16.8 Å². The molecule has 0 N–H and O–H groups in total. The molecule has 0 aliphatic carbocycles. The number of hydrogen-bond donors (Lipinski definition) is 0. The molecule has 0 saturated carbocycles. The molecule has 0 bridgehead atoms. The van der Waals surface area contributed by atoms with Crippen LogP contribution < -0.4 is 4.74 Å². The zero-order valence-corrected chi connectivity index (χ0v) is 17.2. The molecule has 0 fully saturated rings. The number of carbonyl (C=O) groups is 1. The summed E-state index contributed by atoms with van der Waals surface area (Å²) < 4.78 is 11.1. The summed E-state index contributed by atoms with van der Waals surface area (Å²) in [6.45, 7) is 5.86. The SMILES string of the molecule is C=CC[C@@H]1CC=C[C@@H](C)N1C(=O)CCc1nnc(CCc2ccccc2OC)o1. The van der Waals surface area contributed by atoms with Crippen LogP contribution in [0.3, 0.4) is 0 Å². The Balaban J connectivity index is 1.54. The third-order valence-corrected chi connectivity index (χ3v) is 5.24. The molecule has 2 atom stereocenters. The third kappa shape index (κ3) is 5.34. The number of aromatic nitrogens is 2. The van der Waals surface area contributed by atoms with Gasteiger partial charge in [0.1, 0.15) is 5.75 Å². The van der Waals surface area contributed by atoms with Crippen LogP contribution in [-0.4, -0.2) is 40.2 Å². The van der Waals surface area contributed by atoms with Crippen molar-refractivity contribution < 1.29 is 13.9 Å². The molecule has 0 radical (unpaired) electrons. The number of methoxy groups -OCH3 is 1. The second-order valence-corrected chi connectivity index (χ2v) is 7.29. The maximum Gasteiger partial charge on any atom is 0.223 e. The lowest BCUT2D eigenvalue weighted by Crippen LogP contribution is -2.46. The van der Waals surface area contributed by atoms with Gasteiger partial charge in [-0.1, -0.05) is 36.4 Å². The molecular formula is C23H29N3O3. The third-order valence-electron chi connectivity index (χ3n) is 5.24. The molecule has 0 saturated heterocycles. The van der Waals surface area contributed by atoms with E-state index in [1.54, 1.807) is 7.11 Å². The summed E-state index contributed by atoms with van der Waals surface area (Å²) >= 11 is 0. The predicted molar refractivity (Wildman–Crippen MR) is 112 cm³/mol. The molecule has 1 aromatic carbocycles. The normalized spacial score (nSPS) is 18.6. The van der Waals surface area contributed by atoms with E-state index in [-0.39, 0.29) is 18.0 Å². The van der Waals surface area contributed by atoms with Crippen LogP contribution in [0.5, 0.6) is 5.75 Å². The number of amides is 1. The Morgan fingerprint density at radius 2 is 2.03 bits per heavy atom. The quantitative estimate of drug-likeness (QED) is 0.602. The lowest BCUT2D eigenvalue weighted by molar-refractivity contribution is -0.135. The molecule has 6 nitrogen and oxygen atoms in total. The van der Waals surface area contributed by atoms with E-state index in [9.17, 15) is 4.79 Å². The van der Waals surface area contributed by atoms with Crippen LogP contribution in [0.4, 0.5) is 0 Å². The summed E-state index contributed by atoms with van der Waals surface area (Å²) in [7, 11) is 1.67. The number of benzene rings is 1. The van der Waals surface area contributed by atoms with Crippen LogP contribution in [0, 0.1) is 0 Å². The minimum Gasteiger partial charge on any atom is -0.496 e. The van der Waals surface area contributed by atoms with Crippen LogP contribution in [-0.2, 0) is 24.1 Å². The molecule has 29 heavy (non-hydrogen) atoms. The van der Waals surface area contributed by atoms with Gasteiger partial charge in [0.05, 0.1) is 7.11 Å². The van der Waals surface area contributed by atoms with Crippen LogP contribution in [0.1, 0.15) is 43.5 Å². The molecular weight excluding hydrogens is 366 g/mol. The average Bonchev–Trinajstić information content (AvgIpc) is 3.19. The van der Waals surface area contributed by atoms with Gasteiger partial charge in [0.15, 0.2) is 0 Å². The van der Waals surface area contributed by atoms with Crippen LogP contribution in [0.25, 0.3) is 0 Å². The van der Waals surface area contributed by atoms with E-state index in [2.05, 4.69) is 28.9 Å². The number of nitrogens with zero attached hydrogens (tertiary/aromatic N) is 3. The minimum atomic E-state index is 0.0975. The summed E-state index contributed by atoms with van der Waals surface area (Å²) in [4.78, 5) is 14.8. The fraction of sp³-hybridized carbons (Fsp3) is 0.435. The first-order chi connectivity index (χ1) is 14.1. The highest BCUT2D eigenvalue weighted by atomic mass is 16.5. The van der Waals surface area contributed by atoms with Gasteiger partial charge in [-0.05, 0) is 37.8 Å². The summed E-state index contributed by atoms with van der Waals surface area (Å²) in [5.74, 6) is 2.06. The zero-order valence-electron chi connectivity index (χ0n) is 17.2. The van der Waals surface area contributed by atoms with E-state index in [1.165, 1.54) is 0 Å². The smallest absolute Gasteiger partial charge is 0.223 e. The lowest BCUT2D eigenvalue weighted by atomic mass is 9.99. The fourth-order valence-electron chi connectivity index (χ4n) is 3.79. The molecule has 3 rings (SSSR count). The molecule has 2 aromatic rings. The molecule has 1 aliphatic heterocycles. The predicted octanol–water partition coefficient (Wildman–Crippen LogP) is 3.92. The van der Waals surface area contributed by atoms with Crippen molar-refractivity contribution in [1.29, 1.82) is 0 Å². The minimum absolute atomic E-state index is 0.0975. The van der Waals surface area contributed by atoms with Crippen LogP contribution in [0.2, 0.25) is 0 Å². The van der Waals surface area contributed by atoms with Gasteiger partial charge in [-0.25, -0.2) is 0 Å². The topological polar surface area (TPSA) is 68.5 Å². The van der Waals surface area contributed by atoms with Crippen molar-refractivity contribution in [3.05, 3.63) is 66.4 Å². The van der Waals surface area contributed by atoms with E-state index >= 15 is 0 Å². The van der Waals surface area contributed by atoms with Crippen molar-refractivity contribution >= 4 is 5.91 Å². The second-order valence-electron chi connectivity index (χ2n) is 7.29. The van der Waals surface area contributed by atoms with E-state index in [4.69, 9.17) is 9.15 Å². The molecule has 6 heteroatoms. The number of hydrogen-bond acceptors (Lipinski definition) is 5. The van der Waals surface area contributed by atoms with E-state index < -0.39 is 0 Å². The maximum atomic E-state index is 12.8. The van der Waals surface area contributed by atoms with Gasteiger partial charge in [0, 0.05) is 31.3 Å². The van der Waals surface area contributed by atoms with Crippen molar-refractivity contribution in [1.82, 2.24) is 15.1 Å². The number of aryl methyl sites for hydroxylation is 3. The Kier molecular flexibility index (Phi) is 7.22. The fourth-order valence-corrected chi connectivity index (χ4v) is 3.79. The van der Waals surface area contributed by atoms with Gasteiger partial charge in [-0.2, -0.15) is 0 Å². The Morgan fingerprint density at radius 3 is 2.79 bits per heavy atom. The highest BCUT2D eigenvalue weighted by molar-refractivity contribution is 5.77. The molecule has 1 amide bonds. The van der Waals surface area contributed by atoms with Crippen molar-refractivity contribution in [2.75, 3.05) is 7.11 Å². The van der Waals surface area contributed by atoms with Gasteiger partial charge in [0.2, 0.25) is 17.7 Å². The van der Waals surface area contributed by atoms with Crippen molar-refractivity contribution in [2.24, 2.45) is 0 Å². The molecule has 2 heterocycles. The second kappa shape index (κ2) is 10.0. The molecule has 1 aliphatic rings. The first-order valence-electron chi connectivity index (χ1n) is 10.1. The summed E-state index contributed by atoms with van der Waals surface area (Å²) in [5.41, 5.74) is 1.10. The van der Waals surface area contributed by atoms with Crippen LogP contribution >= 0.6 is 0 Å². The zero-order chi connectivity index (χ0) is 20.6. The monoisotopic (exact) mass is 395 g/mol. The number of para-hydroxylation sites is 1.